The number of hydrogen-bond acceptors (Lipinski definition) is 6. The predicted molar refractivity (Wildman–Crippen MR) is 111 cm³/mol. The summed E-state index contributed by atoms with van der Waals surface area (Å²) in [4.78, 5) is 38.2. The summed E-state index contributed by atoms with van der Waals surface area (Å²) in [5.74, 6) is -1.10. The highest BCUT2D eigenvalue weighted by Gasteiger charge is 2.40. The lowest BCUT2D eigenvalue weighted by atomic mass is 9.93. The smallest absolute Gasteiger partial charge is 0.294 e. The van der Waals surface area contributed by atoms with E-state index in [9.17, 15) is 22.8 Å². The van der Waals surface area contributed by atoms with Crippen molar-refractivity contribution in [1.29, 1.82) is 0 Å². The maximum Gasteiger partial charge on any atom is 0.294 e. The number of thioether (sulfide) groups is 1. The summed E-state index contributed by atoms with van der Waals surface area (Å²) in [7, 11) is -3.84. The minimum Gasteiger partial charge on any atom is -0.325 e. The topological polar surface area (TPSA) is 127 Å². The molecule has 0 spiro atoms. The molecular weight excluding hydrogens is 461 g/mol. The first-order valence-electron chi connectivity index (χ1n) is 8.52. The van der Waals surface area contributed by atoms with Crippen LogP contribution in [-0.4, -0.2) is 41.2 Å². The molecule has 1 aromatic rings. The van der Waals surface area contributed by atoms with Crippen LogP contribution < -0.4 is 10.5 Å². The van der Waals surface area contributed by atoms with Crippen molar-refractivity contribution in [3.8, 4) is 0 Å². The summed E-state index contributed by atoms with van der Waals surface area (Å²) in [6, 6.07) is 5.21. The quantitative estimate of drug-likeness (QED) is 0.506. The summed E-state index contributed by atoms with van der Waals surface area (Å²) in [5, 5.41) is 7.01. The number of carbonyl (C=O) groups is 3. The van der Waals surface area contributed by atoms with Crippen molar-refractivity contribution in [3.63, 3.8) is 0 Å². The van der Waals surface area contributed by atoms with Crippen LogP contribution in [0.15, 0.2) is 39.6 Å². The Morgan fingerprint density at radius 2 is 1.76 bits per heavy atom. The Morgan fingerprint density at radius 1 is 1.17 bits per heavy atom. The Balaban J connectivity index is 1.65. The lowest BCUT2D eigenvalue weighted by Gasteiger charge is -2.26. The Hall–Kier alpha value is -1.59. The molecule has 12 heteroatoms. The summed E-state index contributed by atoms with van der Waals surface area (Å²) in [6.45, 7) is -0.451. The van der Waals surface area contributed by atoms with Crippen LogP contribution in [0.4, 0.5) is 10.5 Å². The molecule has 1 saturated carbocycles. The van der Waals surface area contributed by atoms with E-state index in [0.717, 1.165) is 22.2 Å². The number of nitrogens with one attached hydrogen (secondary N) is 1. The number of alkyl halides is 2. The normalized spacial score (nSPS) is 19.6. The monoisotopic (exact) mass is 477 g/mol. The second-order valence-corrected chi connectivity index (χ2v) is 10.8. The average Bonchev–Trinajstić information content (AvgIpc) is 2.89. The highest BCUT2D eigenvalue weighted by atomic mass is 35.5. The van der Waals surface area contributed by atoms with E-state index in [-0.39, 0.29) is 4.90 Å². The van der Waals surface area contributed by atoms with E-state index in [2.05, 4.69) is 5.32 Å². The van der Waals surface area contributed by atoms with E-state index in [1.165, 1.54) is 24.3 Å². The van der Waals surface area contributed by atoms with Crippen molar-refractivity contribution >= 4 is 67.7 Å². The van der Waals surface area contributed by atoms with Gasteiger partial charge < -0.3 is 5.32 Å². The van der Waals surface area contributed by atoms with Gasteiger partial charge in [-0.2, -0.15) is 0 Å². The molecular formula is C17H17Cl2N3O5S2. The molecule has 3 amide bonds. The summed E-state index contributed by atoms with van der Waals surface area (Å²) < 4.78 is 21.7. The molecule has 1 aromatic carbocycles. The van der Waals surface area contributed by atoms with E-state index >= 15 is 0 Å². The molecule has 1 heterocycles. The highest BCUT2D eigenvalue weighted by molar-refractivity contribution is 8.18. The van der Waals surface area contributed by atoms with Gasteiger partial charge in [0.05, 0.1) is 9.80 Å². The molecule has 156 valence electrons. The van der Waals surface area contributed by atoms with Crippen LogP contribution in [0.3, 0.4) is 0 Å². The van der Waals surface area contributed by atoms with Crippen molar-refractivity contribution in [2.75, 3.05) is 11.9 Å². The van der Waals surface area contributed by atoms with Gasteiger partial charge in [0, 0.05) is 5.69 Å². The standard InChI is InChI=1S/C17H17Cl2N3O5S2/c18-17(19)7-5-10(6-8-17)14-15(24)22(16(25)28-14)9-13(23)21-11-1-3-12(4-2-11)29(20,26)27/h1-4H,5-9H2,(H,21,23)(H2,20,26,27). The van der Waals surface area contributed by atoms with Crippen LogP contribution in [0.1, 0.15) is 25.7 Å². The molecule has 0 unspecified atom stereocenters. The average molecular weight is 478 g/mol. The number of imide groups is 1. The first-order valence-corrected chi connectivity index (χ1v) is 11.6. The van der Waals surface area contributed by atoms with Gasteiger partial charge in [-0.15, -0.1) is 23.2 Å². The molecule has 3 N–H and O–H groups in total. The molecule has 29 heavy (non-hydrogen) atoms. The van der Waals surface area contributed by atoms with Gasteiger partial charge in [0.2, 0.25) is 15.9 Å². The molecule has 2 fully saturated rings. The van der Waals surface area contributed by atoms with Crippen LogP contribution >= 0.6 is 35.0 Å². The van der Waals surface area contributed by atoms with Crippen molar-refractivity contribution in [1.82, 2.24) is 4.90 Å². The highest BCUT2D eigenvalue weighted by Crippen LogP contribution is 2.44. The Bertz CT molecular complexity index is 994. The van der Waals surface area contributed by atoms with Crippen molar-refractivity contribution in [2.24, 2.45) is 5.14 Å². The van der Waals surface area contributed by atoms with Gasteiger partial charge in [-0.25, -0.2) is 13.6 Å². The molecule has 1 aliphatic heterocycles. The van der Waals surface area contributed by atoms with E-state index in [0.29, 0.717) is 36.3 Å². The van der Waals surface area contributed by atoms with E-state index in [4.69, 9.17) is 28.3 Å². The molecule has 0 aromatic heterocycles. The number of amides is 3. The number of hydrogen-bond donors (Lipinski definition) is 2. The van der Waals surface area contributed by atoms with E-state index < -0.39 is 38.0 Å². The third-order valence-corrected chi connectivity index (χ3v) is 7.27. The maximum absolute atomic E-state index is 12.6. The first-order chi connectivity index (χ1) is 13.5. The number of primary sulfonamides is 1. The number of allylic oxidation sites excluding steroid dienone is 1. The lowest BCUT2D eigenvalue weighted by molar-refractivity contribution is -0.127. The fourth-order valence-corrected chi connectivity index (χ4v) is 4.84. The zero-order valence-corrected chi connectivity index (χ0v) is 18.1. The molecule has 2 aliphatic rings. The van der Waals surface area contributed by atoms with Gasteiger partial charge in [0.1, 0.15) is 10.9 Å². The van der Waals surface area contributed by atoms with Gasteiger partial charge in [-0.1, -0.05) is 5.57 Å². The number of nitrogens with zero attached hydrogens (tertiary/aromatic N) is 1. The molecule has 0 bridgehead atoms. The van der Waals surface area contributed by atoms with Crippen molar-refractivity contribution < 1.29 is 22.8 Å². The van der Waals surface area contributed by atoms with Crippen LogP contribution in [0, 0.1) is 0 Å². The summed E-state index contributed by atoms with van der Waals surface area (Å²) >= 11 is 13.0. The number of halogens is 2. The van der Waals surface area contributed by atoms with E-state index in [1.54, 1.807) is 0 Å². The predicted octanol–water partition coefficient (Wildman–Crippen LogP) is 2.97. The third-order valence-electron chi connectivity index (χ3n) is 4.52. The van der Waals surface area contributed by atoms with E-state index in [1.807, 2.05) is 0 Å². The molecule has 1 aliphatic carbocycles. The largest absolute Gasteiger partial charge is 0.325 e. The minimum absolute atomic E-state index is 0.0987. The number of sulfonamides is 1. The van der Waals surface area contributed by atoms with Gasteiger partial charge in [-0.3, -0.25) is 19.3 Å². The van der Waals surface area contributed by atoms with Crippen LogP contribution in [-0.2, 0) is 19.6 Å². The summed E-state index contributed by atoms with van der Waals surface area (Å²) in [6.07, 6.45) is 2.02. The SMILES string of the molecule is NS(=O)(=O)c1ccc(NC(=O)CN2C(=O)SC(=C3CCC(Cl)(Cl)CC3)C2=O)cc1. The fraction of sp³-hybridized carbons (Fsp3) is 0.353. The van der Waals surface area contributed by atoms with Crippen molar-refractivity contribution in [3.05, 3.63) is 34.7 Å². The fourth-order valence-electron chi connectivity index (χ4n) is 2.97. The number of carbonyl (C=O) groups excluding carboxylic acids is 3. The van der Waals surface area contributed by atoms with Crippen molar-refractivity contribution in [2.45, 2.75) is 34.9 Å². The maximum atomic E-state index is 12.6. The second-order valence-electron chi connectivity index (χ2n) is 6.67. The zero-order valence-electron chi connectivity index (χ0n) is 15.0. The van der Waals surface area contributed by atoms with Gasteiger partial charge in [0.15, 0.2) is 0 Å². The number of rotatable bonds is 4. The number of benzene rings is 1. The lowest BCUT2D eigenvalue weighted by Crippen LogP contribution is -2.36. The van der Waals surface area contributed by atoms with Gasteiger partial charge in [0.25, 0.3) is 11.1 Å². The molecule has 0 atom stereocenters. The Morgan fingerprint density at radius 3 is 2.31 bits per heavy atom. The molecule has 1 saturated heterocycles. The zero-order chi connectivity index (χ0) is 21.4. The molecule has 8 nitrogen and oxygen atoms in total. The summed E-state index contributed by atoms with van der Waals surface area (Å²) in [5.41, 5.74) is 1.13. The van der Waals surface area contributed by atoms with Crippen LogP contribution in [0.5, 0.6) is 0 Å². The number of anilines is 1. The molecule has 3 rings (SSSR count). The molecule has 0 radical (unpaired) electrons. The van der Waals surface area contributed by atoms with Crippen LogP contribution in [0.25, 0.3) is 0 Å². The van der Waals surface area contributed by atoms with Crippen LogP contribution in [0.2, 0.25) is 0 Å². The Labute approximate surface area is 181 Å². The number of nitrogens with two attached hydrogens (primary N) is 1. The Kier molecular flexibility index (Phi) is 6.30. The third kappa shape index (κ3) is 5.32. The second kappa shape index (κ2) is 8.27. The first kappa shape index (κ1) is 22.1. The van der Waals surface area contributed by atoms with Gasteiger partial charge in [-0.05, 0) is 61.7 Å². The van der Waals surface area contributed by atoms with Gasteiger partial charge >= 0.3 is 0 Å². The minimum atomic E-state index is -3.84.